The molecule has 6 rings (SSSR count). The molecule has 4 aromatic heterocycles. The van der Waals surface area contributed by atoms with E-state index in [-0.39, 0.29) is 0 Å². The number of thiazole rings is 2. The molecule has 0 saturated heterocycles. The van der Waals surface area contributed by atoms with E-state index in [0.717, 1.165) is 16.2 Å². The fourth-order valence-electron chi connectivity index (χ4n) is 3.35. The van der Waals surface area contributed by atoms with E-state index < -0.39 is 0 Å². The Morgan fingerprint density at radius 2 is 1.34 bits per heavy atom. The largest absolute Gasteiger partial charge is 0.382 e. The Morgan fingerprint density at radius 1 is 0.750 bits per heavy atom. The van der Waals surface area contributed by atoms with Crippen LogP contribution in [-0.2, 0) is 0 Å². The average molecular weight is 475 g/mol. The first-order valence-corrected chi connectivity index (χ1v) is 11.6. The molecule has 0 fully saturated rings. The summed E-state index contributed by atoms with van der Waals surface area (Å²) in [7, 11) is 0. The standard InChI is InChI=1S/C21H14N8S3/c22-15-13-18(32-20(25-13)24-12-9-5-2-6-10-12)29-16(27-15)14-17(28-21(29)30)31-19(26-14)23-11-7-3-1-4-8-11/h1-10H,(H2,22,27)(H,23,26)(H,24,25). The zero-order chi connectivity index (χ0) is 21.7. The normalized spacial score (nSPS) is 11.4. The van der Waals surface area contributed by atoms with Crippen molar-refractivity contribution in [1.29, 1.82) is 0 Å². The maximum atomic E-state index is 6.30. The van der Waals surface area contributed by atoms with Gasteiger partial charge in [-0.05, 0) is 36.5 Å². The van der Waals surface area contributed by atoms with Gasteiger partial charge in [0, 0.05) is 11.4 Å². The Morgan fingerprint density at radius 3 is 2.00 bits per heavy atom. The molecule has 0 atom stereocenters. The number of nitrogens with two attached hydrogens (primary N) is 1. The second-order valence-corrected chi connectivity index (χ2v) is 9.20. The Balaban J connectivity index is 1.52. The van der Waals surface area contributed by atoms with E-state index in [4.69, 9.17) is 22.9 Å². The van der Waals surface area contributed by atoms with Crippen molar-refractivity contribution in [3.63, 3.8) is 0 Å². The lowest BCUT2D eigenvalue weighted by molar-refractivity contribution is 1.09. The lowest BCUT2D eigenvalue weighted by atomic mass is 10.3. The first kappa shape index (κ1) is 19.0. The van der Waals surface area contributed by atoms with Crippen molar-refractivity contribution in [1.82, 2.24) is 24.3 Å². The molecule has 0 unspecified atom stereocenters. The number of nitrogen functional groups attached to an aromatic ring is 1. The van der Waals surface area contributed by atoms with E-state index in [1.807, 2.05) is 60.7 Å². The van der Waals surface area contributed by atoms with Gasteiger partial charge in [-0.25, -0.2) is 19.9 Å². The van der Waals surface area contributed by atoms with Crippen molar-refractivity contribution in [3.05, 3.63) is 65.4 Å². The summed E-state index contributed by atoms with van der Waals surface area (Å²) >= 11 is 8.48. The molecule has 8 nitrogen and oxygen atoms in total. The number of aromatic nitrogens is 5. The van der Waals surface area contributed by atoms with E-state index in [9.17, 15) is 0 Å². The minimum Gasteiger partial charge on any atom is -0.382 e. The molecule has 4 heterocycles. The maximum absolute atomic E-state index is 6.30. The Labute approximate surface area is 194 Å². The van der Waals surface area contributed by atoms with Crippen LogP contribution < -0.4 is 16.4 Å². The molecule has 2 aromatic carbocycles. The summed E-state index contributed by atoms with van der Waals surface area (Å²) in [5.41, 5.74) is 9.96. The van der Waals surface area contributed by atoms with Gasteiger partial charge in [0.25, 0.3) is 0 Å². The van der Waals surface area contributed by atoms with Gasteiger partial charge in [0.1, 0.15) is 15.9 Å². The highest BCUT2D eigenvalue weighted by Gasteiger charge is 2.18. The van der Waals surface area contributed by atoms with Crippen LogP contribution in [0.3, 0.4) is 0 Å². The van der Waals surface area contributed by atoms with E-state index in [1.54, 1.807) is 4.40 Å². The third-order valence-corrected chi connectivity index (χ3v) is 6.85. The zero-order valence-corrected chi connectivity index (χ0v) is 18.8. The highest BCUT2D eigenvalue weighted by Crippen LogP contribution is 2.35. The van der Waals surface area contributed by atoms with Crippen LogP contribution in [0.25, 0.3) is 26.3 Å². The van der Waals surface area contributed by atoms with Gasteiger partial charge in [0.15, 0.2) is 26.6 Å². The molecule has 0 saturated carbocycles. The summed E-state index contributed by atoms with van der Waals surface area (Å²) in [6.07, 6.45) is 0. The summed E-state index contributed by atoms with van der Waals surface area (Å²) in [5, 5.41) is 8.01. The fourth-order valence-corrected chi connectivity index (χ4v) is 5.59. The van der Waals surface area contributed by atoms with Gasteiger partial charge in [-0.15, -0.1) is 0 Å². The second-order valence-electron chi connectivity index (χ2n) is 6.88. The van der Waals surface area contributed by atoms with Crippen molar-refractivity contribution in [2.75, 3.05) is 16.4 Å². The van der Waals surface area contributed by atoms with Crippen LogP contribution in [0.1, 0.15) is 0 Å². The number of nitrogens with one attached hydrogen (secondary N) is 2. The number of anilines is 5. The monoisotopic (exact) mass is 474 g/mol. The van der Waals surface area contributed by atoms with Crippen LogP contribution in [0.15, 0.2) is 60.7 Å². The predicted octanol–water partition coefficient (Wildman–Crippen LogP) is 5.75. The van der Waals surface area contributed by atoms with Crippen molar-refractivity contribution in [2.45, 2.75) is 0 Å². The van der Waals surface area contributed by atoms with Gasteiger partial charge >= 0.3 is 0 Å². The zero-order valence-electron chi connectivity index (χ0n) is 16.3. The molecule has 11 heteroatoms. The van der Waals surface area contributed by atoms with Gasteiger partial charge in [-0.3, -0.25) is 4.40 Å². The molecule has 4 N–H and O–H groups in total. The summed E-state index contributed by atoms with van der Waals surface area (Å²) in [4.78, 5) is 20.0. The second kappa shape index (κ2) is 7.48. The average Bonchev–Trinajstić information content (AvgIpc) is 3.39. The summed E-state index contributed by atoms with van der Waals surface area (Å²) in [6.45, 7) is 0. The predicted molar refractivity (Wildman–Crippen MR) is 134 cm³/mol. The number of hydrogen-bond acceptors (Lipinski definition) is 10. The van der Waals surface area contributed by atoms with Crippen LogP contribution >= 0.6 is 34.9 Å². The first-order valence-electron chi connectivity index (χ1n) is 9.59. The van der Waals surface area contributed by atoms with Gasteiger partial charge < -0.3 is 16.4 Å². The van der Waals surface area contributed by atoms with Crippen LogP contribution in [0.5, 0.6) is 0 Å². The number of para-hydroxylation sites is 2. The number of rotatable bonds is 4. The topological polar surface area (TPSA) is 106 Å². The van der Waals surface area contributed by atoms with Crippen molar-refractivity contribution in [2.24, 2.45) is 0 Å². The molecular formula is C21H14N8S3. The number of benzene rings is 2. The molecule has 0 radical (unpaired) electrons. The van der Waals surface area contributed by atoms with Gasteiger partial charge in [-0.1, -0.05) is 59.1 Å². The third kappa shape index (κ3) is 3.23. The Kier molecular flexibility index (Phi) is 4.45. The van der Waals surface area contributed by atoms with E-state index in [2.05, 4.69) is 25.6 Å². The molecule has 0 aliphatic rings. The maximum Gasteiger partial charge on any atom is 0.208 e. The van der Waals surface area contributed by atoms with E-state index >= 15 is 0 Å². The smallest absolute Gasteiger partial charge is 0.208 e. The van der Waals surface area contributed by atoms with Gasteiger partial charge in [0.05, 0.1) is 0 Å². The fraction of sp³-hybridized carbons (Fsp3) is 0. The van der Waals surface area contributed by atoms with Crippen molar-refractivity contribution >= 4 is 88.7 Å². The molecule has 6 aromatic rings. The molecule has 0 spiro atoms. The first-order chi connectivity index (χ1) is 15.7. The lowest BCUT2D eigenvalue weighted by Gasteiger charge is -2.04. The van der Waals surface area contributed by atoms with Crippen LogP contribution in [0, 0.1) is 4.77 Å². The van der Waals surface area contributed by atoms with Crippen LogP contribution in [0.2, 0.25) is 0 Å². The van der Waals surface area contributed by atoms with Crippen molar-refractivity contribution in [3.8, 4) is 0 Å². The minimum atomic E-state index is 0.324. The molecule has 0 amide bonds. The molecule has 0 aliphatic carbocycles. The molecular weight excluding hydrogens is 460 g/mol. The van der Waals surface area contributed by atoms with E-state index in [0.29, 0.717) is 42.4 Å². The van der Waals surface area contributed by atoms with Gasteiger partial charge in [0.2, 0.25) is 4.77 Å². The Hall–Kier alpha value is -3.67. The van der Waals surface area contributed by atoms with E-state index in [1.165, 1.54) is 22.7 Å². The third-order valence-electron chi connectivity index (χ3n) is 4.75. The molecule has 156 valence electrons. The SMILES string of the molecule is Nc1nc2c3nc(Nc4ccccc4)sc3nc(=S)n2c2sc(Nc3ccccc3)nc12. The Bertz CT molecular complexity index is 1660. The number of hydrogen-bond donors (Lipinski definition) is 3. The van der Waals surface area contributed by atoms with Crippen LogP contribution in [-0.4, -0.2) is 24.3 Å². The lowest BCUT2D eigenvalue weighted by Crippen LogP contribution is -2.02. The molecule has 32 heavy (non-hydrogen) atoms. The highest BCUT2D eigenvalue weighted by molar-refractivity contribution is 7.71. The number of nitrogens with zero attached hydrogens (tertiary/aromatic N) is 5. The summed E-state index contributed by atoms with van der Waals surface area (Å²) in [6, 6.07) is 19.7. The van der Waals surface area contributed by atoms with Crippen molar-refractivity contribution < 1.29 is 0 Å². The molecule has 0 bridgehead atoms. The van der Waals surface area contributed by atoms with Gasteiger partial charge in [-0.2, -0.15) is 0 Å². The number of fused-ring (bicyclic) bond motifs is 5. The summed E-state index contributed by atoms with van der Waals surface area (Å²) in [5.74, 6) is 0.324. The minimum absolute atomic E-state index is 0.324. The molecule has 0 aliphatic heterocycles. The summed E-state index contributed by atoms with van der Waals surface area (Å²) < 4.78 is 2.18. The quantitative estimate of drug-likeness (QED) is 0.277. The van der Waals surface area contributed by atoms with Crippen LogP contribution in [0.4, 0.5) is 27.5 Å². The highest BCUT2D eigenvalue weighted by atomic mass is 32.1.